The molecule has 5 heteroatoms. The summed E-state index contributed by atoms with van der Waals surface area (Å²) >= 11 is 5.48. The van der Waals surface area contributed by atoms with Gasteiger partial charge in [-0.05, 0) is 19.1 Å². The topological polar surface area (TPSA) is 27.1 Å². The van der Waals surface area contributed by atoms with Crippen LogP contribution in [0.5, 0.6) is 5.75 Å². The van der Waals surface area contributed by atoms with Gasteiger partial charge in [-0.15, -0.1) is 11.6 Å². The molecule has 1 aromatic carbocycles. The van der Waals surface area contributed by atoms with E-state index in [2.05, 4.69) is 16.8 Å². The first-order valence-electron chi connectivity index (χ1n) is 6.15. The van der Waals surface area contributed by atoms with E-state index in [1.807, 2.05) is 17.7 Å². The molecule has 0 aliphatic heterocycles. The van der Waals surface area contributed by atoms with Gasteiger partial charge in [0.15, 0.2) is 0 Å². The maximum Gasteiger partial charge on any atom is 0.128 e. The van der Waals surface area contributed by atoms with Crippen molar-refractivity contribution in [2.24, 2.45) is 0 Å². The zero-order chi connectivity index (χ0) is 14.4. The summed E-state index contributed by atoms with van der Waals surface area (Å²) in [5.41, 5.74) is 0.555. The summed E-state index contributed by atoms with van der Waals surface area (Å²) in [7, 11) is 0. The summed E-state index contributed by atoms with van der Waals surface area (Å²) in [6.45, 7) is 3.01. The molecular weight excluding hydrogens is 279 g/mol. The van der Waals surface area contributed by atoms with Crippen LogP contribution >= 0.6 is 11.6 Å². The van der Waals surface area contributed by atoms with Crippen LogP contribution in [-0.2, 0) is 6.54 Å². The fourth-order valence-electron chi connectivity index (χ4n) is 1.76. The number of benzene rings is 1. The van der Waals surface area contributed by atoms with Gasteiger partial charge in [-0.3, -0.25) is 0 Å². The molecule has 3 nitrogen and oxygen atoms in total. The Labute approximate surface area is 122 Å². The van der Waals surface area contributed by atoms with Crippen molar-refractivity contribution in [3.63, 3.8) is 0 Å². The average Bonchev–Trinajstić information content (AvgIpc) is 2.82. The molecular formula is C15H14ClFN2O. The predicted molar refractivity (Wildman–Crippen MR) is 76.5 cm³/mol. The number of hydrogen-bond acceptors (Lipinski definition) is 2. The second-order valence-electron chi connectivity index (χ2n) is 4.13. The Morgan fingerprint density at radius 2 is 2.25 bits per heavy atom. The summed E-state index contributed by atoms with van der Waals surface area (Å²) < 4.78 is 20.9. The molecule has 0 aliphatic carbocycles. The zero-order valence-electron chi connectivity index (χ0n) is 11.1. The number of hydrogen-bond donors (Lipinski definition) is 0. The molecule has 0 saturated heterocycles. The summed E-state index contributed by atoms with van der Waals surface area (Å²) in [6.07, 6.45) is 3.61. The largest absolute Gasteiger partial charge is 0.492 e. The summed E-state index contributed by atoms with van der Waals surface area (Å²) in [5, 5.41) is 0. The van der Waals surface area contributed by atoms with Gasteiger partial charge in [-0.25, -0.2) is 9.37 Å². The van der Waals surface area contributed by atoms with Crippen LogP contribution in [0.25, 0.3) is 0 Å². The van der Waals surface area contributed by atoms with Crippen molar-refractivity contribution in [1.82, 2.24) is 9.55 Å². The number of rotatable bonds is 4. The maximum atomic E-state index is 13.4. The molecule has 0 spiro atoms. The number of nitrogens with zero attached hydrogens (tertiary/aromatic N) is 2. The molecule has 104 valence electrons. The second kappa shape index (κ2) is 6.97. The Balaban J connectivity index is 1.99. The second-order valence-corrected chi connectivity index (χ2v) is 4.39. The molecule has 1 aromatic heterocycles. The fourth-order valence-corrected chi connectivity index (χ4v) is 1.82. The van der Waals surface area contributed by atoms with Gasteiger partial charge >= 0.3 is 0 Å². The molecule has 0 radical (unpaired) electrons. The van der Waals surface area contributed by atoms with E-state index in [-0.39, 0.29) is 11.7 Å². The van der Waals surface area contributed by atoms with Crippen LogP contribution in [0, 0.1) is 24.6 Å². The lowest BCUT2D eigenvalue weighted by Gasteiger charge is -2.08. The number of aryl methyl sites for hydroxylation is 1. The van der Waals surface area contributed by atoms with Crippen molar-refractivity contribution in [3.8, 4) is 17.6 Å². The highest BCUT2D eigenvalue weighted by atomic mass is 35.5. The minimum atomic E-state index is -0.375. The van der Waals surface area contributed by atoms with Gasteiger partial charge in [-0.2, -0.15) is 0 Å². The zero-order valence-corrected chi connectivity index (χ0v) is 11.8. The summed E-state index contributed by atoms with van der Waals surface area (Å²) in [6, 6.07) is 4.39. The first kappa shape index (κ1) is 14.4. The van der Waals surface area contributed by atoms with Gasteiger partial charge in [-0.1, -0.05) is 11.8 Å². The lowest BCUT2D eigenvalue weighted by Crippen LogP contribution is -2.09. The van der Waals surface area contributed by atoms with Crippen LogP contribution in [0.4, 0.5) is 4.39 Å². The van der Waals surface area contributed by atoms with Gasteiger partial charge < -0.3 is 9.30 Å². The molecule has 0 atom stereocenters. The van der Waals surface area contributed by atoms with Crippen LogP contribution in [-0.4, -0.2) is 22.0 Å². The highest BCUT2D eigenvalue weighted by Crippen LogP contribution is 2.16. The monoisotopic (exact) mass is 292 g/mol. The van der Waals surface area contributed by atoms with Gasteiger partial charge in [0.05, 0.1) is 12.4 Å². The standard InChI is InChI=1S/C15H14ClFN2O/c1-12-18-5-6-19(12)7-8-20-15-10-13(3-2-4-16)9-14(17)11-15/h5-6,9-11H,4,7-8H2,1H3. The van der Waals surface area contributed by atoms with Gasteiger partial charge in [0.1, 0.15) is 24.0 Å². The van der Waals surface area contributed by atoms with Gasteiger partial charge in [0.25, 0.3) is 0 Å². The minimum absolute atomic E-state index is 0.215. The lowest BCUT2D eigenvalue weighted by molar-refractivity contribution is 0.295. The number of imidazole rings is 1. The molecule has 0 N–H and O–H groups in total. The Morgan fingerprint density at radius 1 is 1.40 bits per heavy atom. The third-order valence-electron chi connectivity index (χ3n) is 2.70. The van der Waals surface area contributed by atoms with Crippen molar-refractivity contribution in [1.29, 1.82) is 0 Å². The van der Waals surface area contributed by atoms with E-state index in [1.54, 1.807) is 12.3 Å². The van der Waals surface area contributed by atoms with Crippen LogP contribution in [0.3, 0.4) is 0 Å². The molecule has 0 bridgehead atoms. The fraction of sp³-hybridized carbons (Fsp3) is 0.267. The van der Waals surface area contributed by atoms with Gasteiger partial charge in [0.2, 0.25) is 0 Å². The first-order valence-corrected chi connectivity index (χ1v) is 6.68. The highest BCUT2D eigenvalue weighted by molar-refractivity contribution is 6.19. The molecule has 0 unspecified atom stereocenters. The first-order chi connectivity index (χ1) is 9.69. The number of aromatic nitrogens is 2. The number of halogens is 2. The summed E-state index contributed by atoms with van der Waals surface area (Å²) in [5.74, 6) is 6.68. The van der Waals surface area contributed by atoms with E-state index >= 15 is 0 Å². The molecule has 2 rings (SSSR count). The van der Waals surface area contributed by atoms with E-state index in [0.29, 0.717) is 24.5 Å². The Morgan fingerprint density at radius 3 is 2.95 bits per heavy atom. The average molecular weight is 293 g/mol. The van der Waals surface area contributed by atoms with E-state index < -0.39 is 0 Å². The third-order valence-corrected chi connectivity index (χ3v) is 2.83. The van der Waals surface area contributed by atoms with E-state index in [1.165, 1.54) is 12.1 Å². The molecule has 20 heavy (non-hydrogen) atoms. The van der Waals surface area contributed by atoms with Crippen LogP contribution in [0.15, 0.2) is 30.6 Å². The van der Waals surface area contributed by atoms with Crippen LogP contribution in [0.2, 0.25) is 0 Å². The van der Waals surface area contributed by atoms with Crippen molar-refractivity contribution in [2.75, 3.05) is 12.5 Å². The van der Waals surface area contributed by atoms with Crippen molar-refractivity contribution in [3.05, 3.63) is 47.8 Å². The van der Waals surface area contributed by atoms with Crippen LogP contribution < -0.4 is 4.74 Å². The Bertz CT molecular complexity index is 643. The molecule has 0 fully saturated rings. The highest BCUT2D eigenvalue weighted by Gasteiger charge is 2.02. The lowest BCUT2D eigenvalue weighted by atomic mass is 10.2. The molecule has 0 amide bonds. The van der Waals surface area contributed by atoms with Crippen molar-refractivity contribution >= 4 is 11.6 Å². The van der Waals surface area contributed by atoms with Crippen molar-refractivity contribution < 1.29 is 9.13 Å². The van der Waals surface area contributed by atoms with E-state index in [0.717, 1.165) is 5.82 Å². The molecule has 0 saturated carbocycles. The molecule has 1 heterocycles. The van der Waals surface area contributed by atoms with E-state index in [4.69, 9.17) is 16.3 Å². The van der Waals surface area contributed by atoms with Crippen molar-refractivity contribution in [2.45, 2.75) is 13.5 Å². The maximum absolute atomic E-state index is 13.4. The number of alkyl halides is 1. The third kappa shape index (κ3) is 4.01. The Hall–Kier alpha value is -1.99. The quantitative estimate of drug-likeness (QED) is 0.640. The van der Waals surface area contributed by atoms with Gasteiger partial charge in [0, 0.05) is 24.0 Å². The SMILES string of the molecule is Cc1nccn1CCOc1cc(F)cc(C#CCCl)c1. The Kier molecular flexibility index (Phi) is 5.03. The molecule has 2 aromatic rings. The normalized spacial score (nSPS) is 9.95. The van der Waals surface area contributed by atoms with E-state index in [9.17, 15) is 4.39 Å². The molecule has 0 aliphatic rings. The number of ether oxygens (including phenoxy) is 1. The smallest absolute Gasteiger partial charge is 0.128 e. The van der Waals surface area contributed by atoms with Crippen LogP contribution in [0.1, 0.15) is 11.4 Å². The predicted octanol–water partition coefficient (Wildman–Crippen LogP) is 3.00. The minimum Gasteiger partial charge on any atom is -0.492 e. The summed E-state index contributed by atoms with van der Waals surface area (Å²) in [4.78, 5) is 4.12.